The summed E-state index contributed by atoms with van der Waals surface area (Å²) in [6.45, 7) is 4.58. The molecule has 1 aliphatic heterocycles. The minimum atomic E-state index is -0.994. The molecule has 1 heterocycles. The molecule has 0 bridgehead atoms. The zero-order valence-electron chi connectivity index (χ0n) is 15.1. The van der Waals surface area contributed by atoms with Crippen LogP contribution in [0.1, 0.15) is 52.9 Å². The summed E-state index contributed by atoms with van der Waals surface area (Å²) in [4.78, 5) is 48.7. The number of esters is 1. The molecule has 140 valence electrons. The number of amides is 4. The first-order valence-corrected chi connectivity index (χ1v) is 8.86. The minimum Gasteiger partial charge on any atom is -0.454 e. The average molecular weight is 353 g/mol. The van der Waals surface area contributed by atoms with Crippen LogP contribution in [-0.2, 0) is 19.1 Å². The summed E-state index contributed by atoms with van der Waals surface area (Å²) in [6.07, 6.45) is 4.68. The highest BCUT2D eigenvalue weighted by atomic mass is 16.5. The van der Waals surface area contributed by atoms with Gasteiger partial charge in [0, 0.05) is 6.04 Å². The van der Waals surface area contributed by atoms with E-state index in [1.165, 1.54) is 6.42 Å². The Labute approximate surface area is 147 Å². The van der Waals surface area contributed by atoms with Crippen LogP contribution in [0.15, 0.2) is 0 Å². The lowest BCUT2D eigenvalue weighted by molar-refractivity contribution is -0.151. The number of imide groups is 1. The molecule has 8 nitrogen and oxygen atoms in total. The highest BCUT2D eigenvalue weighted by Crippen LogP contribution is 2.23. The molecule has 3 atom stereocenters. The molecule has 1 saturated carbocycles. The summed E-state index contributed by atoms with van der Waals surface area (Å²) in [5, 5.41) is 5.44. The third kappa shape index (κ3) is 4.49. The van der Waals surface area contributed by atoms with Gasteiger partial charge in [0.15, 0.2) is 6.61 Å². The Morgan fingerprint density at radius 3 is 2.60 bits per heavy atom. The van der Waals surface area contributed by atoms with E-state index >= 15 is 0 Å². The third-order valence-corrected chi connectivity index (χ3v) is 5.16. The fraction of sp³-hybridized carbons (Fsp3) is 0.765. The number of ether oxygens (including phenoxy) is 1. The lowest BCUT2D eigenvalue weighted by Gasteiger charge is -2.29. The lowest BCUT2D eigenvalue weighted by Crippen LogP contribution is -2.44. The summed E-state index contributed by atoms with van der Waals surface area (Å²) in [7, 11) is 0. The molecule has 0 aromatic rings. The Balaban J connectivity index is 1.78. The number of nitrogens with zero attached hydrogens (tertiary/aromatic N) is 1. The average Bonchev–Trinajstić information content (AvgIpc) is 2.79. The molecule has 1 saturated heterocycles. The van der Waals surface area contributed by atoms with E-state index < -0.39 is 36.6 Å². The van der Waals surface area contributed by atoms with Crippen molar-refractivity contribution < 1.29 is 23.9 Å². The summed E-state index contributed by atoms with van der Waals surface area (Å²) in [6, 6.07) is -0.511. The Hall–Kier alpha value is -2.12. The molecule has 25 heavy (non-hydrogen) atoms. The second-order valence-electron chi connectivity index (χ2n) is 7.10. The number of urea groups is 1. The number of nitrogens with one attached hydrogen (secondary N) is 2. The van der Waals surface area contributed by atoms with Crippen LogP contribution in [0.5, 0.6) is 0 Å². The Morgan fingerprint density at radius 1 is 1.32 bits per heavy atom. The van der Waals surface area contributed by atoms with Crippen LogP contribution in [-0.4, -0.2) is 53.4 Å². The zero-order valence-corrected chi connectivity index (χ0v) is 15.1. The van der Waals surface area contributed by atoms with Crippen molar-refractivity contribution >= 4 is 23.8 Å². The van der Waals surface area contributed by atoms with Crippen LogP contribution >= 0.6 is 0 Å². The van der Waals surface area contributed by atoms with Crippen molar-refractivity contribution in [3.05, 3.63) is 0 Å². The van der Waals surface area contributed by atoms with E-state index in [0.29, 0.717) is 12.3 Å². The van der Waals surface area contributed by atoms with Gasteiger partial charge in [-0.15, -0.1) is 0 Å². The second kappa shape index (κ2) is 7.84. The van der Waals surface area contributed by atoms with Gasteiger partial charge in [-0.05, 0) is 32.1 Å². The van der Waals surface area contributed by atoms with Gasteiger partial charge < -0.3 is 15.4 Å². The van der Waals surface area contributed by atoms with Gasteiger partial charge in [-0.25, -0.2) is 4.79 Å². The van der Waals surface area contributed by atoms with Gasteiger partial charge in [0.05, 0.1) is 0 Å². The van der Waals surface area contributed by atoms with Gasteiger partial charge in [-0.1, -0.05) is 26.7 Å². The normalized spacial score (nSPS) is 29.3. The smallest absolute Gasteiger partial charge is 0.326 e. The Kier molecular flexibility index (Phi) is 6.02. The third-order valence-electron chi connectivity index (χ3n) is 5.16. The van der Waals surface area contributed by atoms with Gasteiger partial charge in [0.25, 0.3) is 11.8 Å². The minimum absolute atomic E-state index is 0.108. The molecular formula is C17H27N3O5. The van der Waals surface area contributed by atoms with E-state index in [4.69, 9.17) is 4.74 Å². The summed E-state index contributed by atoms with van der Waals surface area (Å²) >= 11 is 0. The van der Waals surface area contributed by atoms with Crippen LogP contribution in [0.3, 0.4) is 0 Å². The number of carbonyl (C=O) groups excluding carboxylic acids is 4. The fourth-order valence-corrected chi connectivity index (χ4v) is 3.23. The van der Waals surface area contributed by atoms with Crippen LogP contribution < -0.4 is 10.6 Å². The summed E-state index contributed by atoms with van der Waals surface area (Å²) < 4.78 is 4.92. The van der Waals surface area contributed by atoms with E-state index in [-0.39, 0.29) is 11.9 Å². The quantitative estimate of drug-likeness (QED) is 0.546. The van der Waals surface area contributed by atoms with Crippen molar-refractivity contribution in [1.82, 2.24) is 15.5 Å². The molecule has 0 radical (unpaired) electrons. The molecule has 2 fully saturated rings. The molecule has 8 heteroatoms. The van der Waals surface area contributed by atoms with Gasteiger partial charge in [0.1, 0.15) is 12.1 Å². The number of carbonyl (C=O) groups is 4. The van der Waals surface area contributed by atoms with E-state index in [1.807, 2.05) is 0 Å². The van der Waals surface area contributed by atoms with E-state index in [0.717, 1.165) is 24.2 Å². The molecule has 2 aliphatic rings. The van der Waals surface area contributed by atoms with Crippen LogP contribution in [0, 0.1) is 5.92 Å². The first-order chi connectivity index (χ1) is 11.8. The van der Waals surface area contributed by atoms with Crippen molar-refractivity contribution in [2.75, 3.05) is 13.2 Å². The summed E-state index contributed by atoms with van der Waals surface area (Å²) in [5.74, 6) is -1.19. The Morgan fingerprint density at radius 2 is 2.00 bits per heavy atom. The van der Waals surface area contributed by atoms with Gasteiger partial charge in [-0.3, -0.25) is 19.3 Å². The van der Waals surface area contributed by atoms with E-state index in [2.05, 4.69) is 17.6 Å². The fourth-order valence-electron chi connectivity index (χ4n) is 3.23. The number of rotatable bonds is 6. The number of hydrogen-bond donors (Lipinski definition) is 2. The van der Waals surface area contributed by atoms with Crippen LogP contribution in [0.2, 0.25) is 0 Å². The first kappa shape index (κ1) is 19.2. The maximum Gasteiger partial charge on any atom is 0.326 e. The van der Waals surface area contributed by atoms with Crippen molar-refractivity contribution in [2.24, 2.45) is 5.92 Å². The molecule has 2 rings (SSSR count). The standard InChI is InChI=1S/C17H27N3O5/c1-4-17(3)15(23)20(16(24)19-17)9-14(22)25-10-13(21)18-12-8-6-5-7-11(12)2/h11-12H,4-10H2,1-3H3,(H,18,21)(H,19,24)/t11-,12+,17+/m0/s1. The molecule has 1 aliphatic carbocycles. The highest BCUT2D eigenvalue weighted by Gasteiger charge is 2.47. The SMILES string of the molecule is CC[C@@]1(C)NC(=O)N(CC(=O)OCC(=O)N[C@@H]2CCCC[C@@H]2C)C1=O. The largest absolute Gasteiger partial charge is 0.454 e. The lowest BCUT2D eigenvalue weighted by atomic mass is 9.86. The van der Waals surface area contributed by atoms with E-state index in [9.17, 15) is 19.2 Å². The Bertz CT molecular complexity index is 564. The summed E-state index contributed by atoms with van der Waals surface area (Å²) in [5.41, 5.74) is -0.994. The maximum absolute atomic E-state index is 12.2. The highest BCUT2D eigenvalue weighted by molar-refractivity contribution is 6.08. The van der Waals surface area contributed by atoms with Crippen molar-refractivity contribution in [3.63, 3.8) is 0 Å². The number of hydrogen-bond acceptors (Lipinski definition) is 5. The molecular weight excluding hydrogens is 326 g/mol. The molecule has 0 spiro atoms. The van der Waals surface area contributed by atoms with Gasteiger partial charge in [-0.2, -0.15) is 0 Å². The van der Waals surface area contributed by atoms with Crippen LogP contribution in [0.25, 0.3) is 0 Å². The zero-order chi connectivity index (χ0) is 18.6. The maximum atomic E-state index is 12.2. The van der Waals surface area contributed by atoms with Crippen molar-refractivity contribution in [1.29, 1.82) is 0 Å². The predicted octanol–water partition coefficient (Wildman–Crippen LogP) is 0.945. The molecule has 0 aromatic heterocycles. The molecule has 2 N–H and O–H groups in total. The van der Waals surface area contributed by atoms with Crippen molar-refractivity contribution in [2.45, 2.75) is 64.5 Å². The molecule has 0 aromatic carbocycles. The van der Waals surface area contributed by atoms with E-state index in [1.54, 1.807) is 13.8 Å². The van der Waals surface area contributed by atoms with Gasteiger partial charge in [0.2, 0.25) is 0 Å². The molecule has 4 amide bonds. The first-order valence-electron chi connectivity index (χ1n) is 8.86. The predicted molar refractivity (Wildman–Crippen MR) is 89.5 cm³/mol. The molecule has 0 unspecified atom stereocenters. The van der Waals surface area contributed by atoms with Crippen LogP contribution in [0.4, 0.5) is 4.79 Å². The van der Waals surface area contributed by atoms with Gasteiger partial charge >= 0.3 is 12.0 Å². The van der Waals surface area contributed by atoms with Crippen molar-refractivity contribution in [3.8, 4) is 0 Å². The topological polar surface area (TPSA) is 105 Å². The monoisotopic (exact) mass is 353 g/mol. The second-order valence-corrected chi connectivity index (χ2v) is 7.10.